The average Bonchev–Trinajstić information content (AvgIpc) is 2.18. The normalized spacial score (nSPS) is 10.3. The van der Waals surface area contributed by atoms with Crippen LogP contribution in [0.25, 0.3) is 10.9 Å². The molecule has 66 valence electrons. The van der Waals surface area contributed by atoms with Crippen LogP contribution in [0.15, 0.2) is 24.7 Å². The first-order valence-electron chi connectivity index (χ1n) is 3.74. The number of hydrogen-bond donors (Lipinski definition) is 0. The van der Waals surface area contributed by atoms with Gasteiger partial charge in [0, 0.05) is 18.3 Å². The maximum absolute atomic E-state index is 13.3. The molecule has 0 amide bonds. The Balaban J connectivity index is 2.77. The Morgan fingerprint density at radius 1 is 1.38 bits per heavy atom. The van der Waals surface area contributed by atoms with Gasteiger partial charge in [-0.05, 0) is 0 Å². The molecular formula is C9H7FN2O. The minimum absolute atomic E-state index is 0.366. The van der Waals surface area contributed by atoms with Crippen LogP contribution in [0.5, 0.6) is 5.75 Å². The number of hydrogen-bond acceptors (Lipinski definition) is 3. The molecule has 1 heterocycles. The molecule has 2 rings (SSSR count). The second kappa shape index (κ2) is 2.97. The largest absolute Gasteiger partial charge is 0.497 e. The summed E-state index contributed by atoms with van der Waals surface area (Å²) in [6.45, 7) is 0. The number of rotatable bonds is 1. The van der Waals surface area contributed by atoms with E-state index in [-0.39, 0.29) is 5.82 Å². The Bertz CT molecular complexity index is 445. The Kier molecular flexibility index (Phi) is 1.81. The van der Waals surface area contributed by atoms with Crippen LogP contribution in [0.3, 0.4) is 0 Å². The van der Waals surface area contributed by atoms with Crippen molar-refractivity contribution in [1.29, 1.82) is 0 Å². The monoisotopic (exact) mass is 178 g/mol. The van der Waals surface area contributed by atoms with Crippen molar-refractivity contribution in [2.24, 2.45) is 0 Å². The van der Waals surface area contributed by atoms with Crippen molar-refractivity contribution in [1.82, 2.24) is 9.97 Å². The lowest BCUT2D eigenvalue weighted by atomic mass is 10.2. The van der Waals surface area contributed by atoms with E-state index in [9.17, 15) is 4.39 Å². The lowest BCUT2D eigenvalue weighted by Crippen LogP contribution is -1.88. The molecule has 0 aliphatic rings. The first-order chi connectivity index (χ1) is 6.31. The predicted molar refractivity (Wildman–Crippen MR) is 46.0 cm³/mol. The van der Waals surface area contributed by atoms with E-state index in [1.165, 1.54) is 25.7 Å². The minimum Gasteiger partial charge on any atom is -0.497 e. The van der Waals surface area contributed by atoms with E-state index in [0.717, 1.165) is 0 Å². The van der Waals surface area contributed by atoms with Crippen molar-refractivity contribution < 1.29 is 9.13 Å². The van der Waals surface area contributed by atoms with Crippen LogP contribution in [-0.4, -0.2) is 17.1 Å². The zero-order valence-corrected chi connectivity index (χ0v) is 6.99. The molecule has 1 aromatic carbocycles. The minimum atomic E-state index is -0.366. The van der Waals surface area contributed by atoms with Crippen LogP contribution in [0, 0.1) is 5.82 Å². The first-order valence-corrected chi connectivity index (χ1v) is 3.74. The third-order valence-electron chi connectivity index (χ3n) is 1.78. The molecule has 0 unspecified atom stereocenters. The first kappa shape index (κ1) is 7.91. The highest BCUT2D eigenvalue weighted by atomic mass is 19.1. The summed E-state index contributed by atoms with van der Waals surface area (Å²) in [5.41, 5.74) is 0.548. The van der Waals surface area contributed by atoms with Crippen molar-refractivity contribution in [3.8, 4) is 5.75 Å². The molecule has 0 aliphatic carbocycles. The van der Waals surface area contributed by atoms with Gasteiger partial charge in [0.25, 0.3) is 0 Å². The molecule has 0 atom stereocenters. The van der Waals surface area contributed by atoms with E-state index in [1.54, 1.807) is 6.07 Å². The number of ether oxygens (including phenoxy) is 1. The highest BCUT2D eigenvalue weighted by molar-refractivity contribution is 5.79. The number of halogens is 1. The highest BCUT2D eigenvalue weighted by Gasteiger charge is 2.04. The second-order valence-corrected chi connectivity index (χ2v) is 2.56. The van der Waals surface area contributed by atoms with Crippen molar-refractivity contribution in [2.45, 2.75) is 0 Å². The number of benzene rings is 1. The van der Waals surface area contributed by atoms with Crippen molar-refractivity contribution in [2.75, 3.05) is 7.11 Å². The third-order valence-corrected chi connectivity index (χ3v) is 1.78. The van der Waals surface area contributed by atoms with Gasteiger partial charge >= 0.3 is 0 Å². The standard InChI is InChI=1S/C9H7FN2O/c1-13-6-2-8(10)7-4-11-5-12-9(7)3-6/h2-5H,1H3. The van der Waals surface area contributed by atoms with Crippen LogP contribution < -0.4 is 4.74 Å². The number of fused-ring (bicyclic) bond motifs is 1. The summed E-state index contributed by atoms with van der Waals surface area (Å²) < 4.78 is 18.2. The van der Waals surface area contributed by atoms with Crippen LogP contribution in [0.2, 0.25) is 0 Å². The quantitative estimate of drug-likeness (QED) is 0.667. The summed E-state index contributed by atoms with van der Waals surface area (Å²) in [4.78, 5) is 7.66. The topological polar surface area (TPSA) is 35.0 Å². The van der Waals surface area contributed by atoms with Gasteiger partial charge in [0.05, 0.1) is 18.0 Å². The summed E-state index contributed by atoms with van der Waals surface area (Å²) in [5, 5.41) is 0.406. The van der Waals surface area contributed by atoms with Gasteiger partial charge in [0.2, 0.25) is 0 Å². The van der Waals surface area contributed by atoms with E-state index >= 15 is 0 Å². The third kappa shape index (κ3) is 1.30. The highest BCUT2D eigenvalue weighted by Crippen LogP contribution is 2.21. The second-order valence-electron chi connectivity index (χ2n) is 2.56. The SMILES string of the molecule is COc1cc(F)c2cncnc2c1. The maximum Gasteiger partial charge on any atom is 0.137 e. The molecule has 0 spiro atoms. The number of methoxy groups -OCH3 is 1. The molecule has 4 heteroatoms. The van der Waals surface area contributed by atoms with Gasteiger partial charge < -0.3 is 4.74 Å². The Hall–Kier alpha value is -1.71. The summed E-state index contributed by atoms with van der Waals surface area (Å²) in [6.07, 6.45) is 2.82. The lowest BCUT2D eigenvalue weighted by Gasteiger charge is -2.01. The number of nitrogens with zero attached hydrogens (tertiary/aromatic N) is 2. The summed E-state index contributed by atoms with van der Waals surface area (Å²) in [5.74, 6) is 0.0960. The van der Waals surface area contributed by atoms with Crippen LogP contribution >= 0.6 is 0 Å². The van der Waals surface area contributed by atoms with Gasteiger partial charge in [-0.15, -0.1) is 0 Å². The zero-order valence-electron chi connectivity index (χ0n) is 6.99. The van der Waals surface area contributed by atoms with E-state index in [2.05, 4.69) is 9.97 Å². The summed E-state index contributed by atoms with van der Waals surface area (Å²) in [6, 6.07) is 2.98. The molecule has 13 heavy (non-hydrogen) atoms. The van der Waals surface area contributed by atoms with E-state index in [0.29, 0.717) is 16.7 Å². The molecule has 0 bridgehead atoms. The molecule has 1 aromatic heterocycles. The van der Waals surface area contributed by atoms with E-state index < -0.39 is 0 Å². The molecule has 2 aromatic rings. The average molecular weight is 178 g/mol. The van der Waals surface area contributed by atoms with E-state index in [1.807, 2.05) is 0 Å². The summed E-state index contributed by atoms with van der Waals surface area (Å²) >= 11 is 0. The van der Waals surface area contributed by atoms with Crippen LogP contribution in [0.1, 0.15) is 0 Å². The molecule has 0 N–H and O–H groups in total. The van der Waals surface area contributed by atoms with Crippen molar-refractivity contribution >= 4 is 10.9 Å². The Morgan fingerprint density at radius 2 is 2.23 bits per heavy atom. The number of aromatic nitrogens is 2. The van der Waals surface area contributed by atoms with Crippen LogP contribution in [-0.2, 0) is 0 Å². The van der Waals surface area contributed by atoms with Gasteiger partial charge in [-0.2, -0.15) is 0 Å². The van der Waals surface area contributed by atoms with Crippen molar-refractivity contribution in [3.05, 3.63) is 30.5 Å². The van der Waals surface area contributed by atoms with Crippen LogP contribution in [0.4, 0.5) is 4.39 Å². The van der Waals surface area contributed by atoms with E-state index in [4.69, 9.17) is 4.74 Å². The van der Waals surface area contributed by atoms with Gasteiger partial charge in [-0.1, -0.05) is 0 Å². The molecule has 0 fully saturated rings. The fourth-order valence-electron chi connectivity index (χ4n) is 1.14. The van der Waals surface area contributed by atoms with Gasteiger partial charge in [-0.25, -0.2) is 14.4 Å². The van der Waals surface area contributed by atoms with Crippen molar-refractivity contribution in [3.63, 3.8) is 0 Å². The fraction of sp³-hybridized carbons (Fsp3) is 0.111. The smallest absolute Gasteiger partial charge is 0.137 e. The molecule has 3 nitrogen and oxygen atoms in total. The molecule has 0 saturated carbocycles. The zero-order chi connectivity index (χ0) is 9.26. The lowest BCUT2D eigenvalue weighted by molar-refractivity contribution is 0.412. The Morgan fingerprint density at radius 3 is 3.00 bits per heavy atom. The predicted octanol–water partition coefficient (Wildman–Crippen LogP) is 1.78. The summed E-state index contributed by atoms with van der Waals surface area (Å²) in [7, 11) is 1.49. The van der Waals surface area contributed by atoms with Gasteiger partial charge in [0.1, 0.15) is 17.9 Å². The fourth-order valence-corrected chi connectivity index (χ4v) is 1.14. The molecule has 0 aliphatic heterocycles. The molecular weight excluding hydrogens is 171 g/mol. The van der Waals surface area contributed by atoms with Gasteiger partial charge in [0.15, 0.2) is 0 Å². The molecule has 0 radical (unpaired) electrons. The molecule has 0 saturated heterocycles. The Labute approximate surface area is 74.2 Å². The maximum atomic E-state index is 13.3. The van der Waals surface area contributed by atoms with Gasteiger partial charge in [-0.3, -0.25) is 0 Å².